The standard InChI is InChI=1S/C12H21FN2O/c13-7-10-3-2-6-15(9-10)12(16)11-4-1-5-14-8-11/h10-11,14H,1-9H2/t10-,11+/m1/s1. The van der Waals surface area contributed by atoms with E-state index in [1.807, 2.05) is 4.90 Å². The monoisotopic (exact) mass is 228 g/mol. The molecule has 2 saturated heterocycles. The molecule has 0 spiro atoms. The van der Waals surface area contributed by atoms with Crippen molar-refractivity contribution in [2.75, 3.05) is 32.9 Å². The highest BCUT2D eigenvalue weighted by atomic mass is 19.1. The van der Waals surface area contributed by atoms with E-state index in [4.69, 9.17) is 0 Å². The lowest BCUT2D eigenvalue weighted by atomic mass is 9.94. The van der Waals surface area contributed by atoms with E-state index in [-0.39, 0.29) is 24.4 Å². The molecule has 0 radical (unpaired) electrons. The Morgan fingerprint density at radius 1 is 1.38 bits per heavy atom. The molecule has 2 heterocycles. The minimum Gasteiger partial charge on any atom is -0.342 e. The number of nitrogens with one attached hydrogen (secondary N) is 1. The first-order chi connectivity index (χ1) is 7.81. The number of nitrogens with zero attached hydrogens (tertiary/aromatic N) is 1. The lowest BCUT2D eigenvalue weighted by molar-refractivity contribution is -0.138. The van der Waals surface area contributed by atoms with Crippen molar-refractivity contribution in [2.45, 2.75) is 25.7 Å². The molecule has 4 heteroatoms. The highest BCUT2D eigenvalue weighted by Crippen LogP contribution is 2.21. The van der Waals surface area contributed by atoms with Crippen LogP contribution in [0.2, 0.25) is 0 Å². The lowest BCUT2D eigenvalue weighted by Gasteiger charge is -2.35. The molecule has 2 rings (SSSR count). The smallest absolute Gasteiger partial charge is 0.226 e. The van der Waals surface area contributed by atoms with Gasteiger partial charge in [-0.25, -0.2) is 0 Å². The van der Waals surface area contributed by atoms with Crippen molar-refractivity contribution in [3.63, 3.8) is 0 Å². The highest BCUT2D eigenvalue weighted by Gasteiger charge is 2.29. The Balaban J connectivity index is 1.87. The van der Waals surface area contributed by atoms with Crippen LogP contribution in [-0.4, -0.2) is 43.7 Å². The molecule has 92 valence electrons. The van der Waals surface area contributed by atoms with Gasteiger partial charge >= 0.3 is 0 Å². The van der Waals surface area contributed by atoms with Crippen LogP contribution in [0.3, 0.4) is 0 Å². The highest BCUT2D eigenvalue weighted by molar-refractivity contribution is 5.79. The second-order valence-corrected chi connectivity index (χ2v) is 4.99. The average Bonchev–Trinajstić information content (AvgIpc) is 2.39. The van der Waals surface area contributed by atoms with Crippen LogP contribution in [0.5, 0.6) is 0 Å². The fraction of sp³-hybridized carbons (Fsp3) is 0.917. The van der Waals surface area contributed by atoms with Gasteiger partial charge in [0.2, 0.25) is 5.91 Å². The maximum atomic E-state index is 12.6. The Morgan fingerprint density at radius 2 is 2.25 bits per heavy atom. The SMILES string of the molecule is O=C([C@H]1CCCNC1)N1CCC[C@H](CF)C1. The molecule has 1 N–H and O–H groups in total. The van der Waals surface area contributed by atoms with Gasteiger partial charge in [0.05, 0.1) is 12.6 Å². The first-order valence-corrected chi connectivity index (χ1v) is 6.36. The van der Waals surface area contributed by atoms with Crippen molar-refractivity contribution in [3.05, 3.63) is 0 Å². The molecule has 0 saturated carbocycles. The molecule has 0 aliphatic carbocycles. The number of hydrogen-bond acceptors (Lipinski definition) is 2. The molecule has 2 atom stereocenters. The fourth-order valence-corrected chi connectivity index (χ4v) is 2.71. The molecule has 2 aliphatic heterocycles. The third-order valence-electron chi connectivity index (χ3n) is 3.69. The number of halogens is 1. The Bertz CT molecular complexity index is 241. The van der Waals surface area contributed by atoms with Crippen molar-refractivity contribution < 1.29 is 9.18 Å². The van der Waals surface area contributed by atoms with E-state index in [0.29, 0.717) is 6.54 Å². The van der Waals surface area contributed by atoms with Gasteiger partial charge in [-0.2, -0.15) is 0 Å². The van der Waals surface area contributed by atoms with Gasteiger partial charge in [0.25, 0.3) is 0 Å². The number of likely N-dealkylation sites (tertiary alicyclic amines) is 1. The first kappa shape index (κ1) is 11.8. The van der Waals surface area contributed by atoms with Crippen LogP contribution in [0.15, 0.2) is 0 Å². The van der Waals surface area contributed by atoms with E-state index < -0.39 is 0 Å². The Labute approximate surface area is 96.4 Å². The predicted molar refractivity (Wildman–Crippen MR) is 60.9 cm³/mol. The average molecular weight is 228 g/mol. The van der Waals surface area contributed by atoms with Gasteiger partial charge in [0.15, 0.2) is 0 Å². The largest absolute Gasteiger partial charge is 0.342 e. The molecule has 16 heavy (non-hydrogen) atoms. The quantitative estimate of drug-likeness (QED) is 0.770. The second kappa shape index (κ2) is 5.62. The predicted octanol–water partition coefficient (Wildman–Crippen LogP) is 1.19. The van der Waals surface area contributed by atoms with Gasteiger partial charge in [-0.3, -0.25) is 9.18 Å². The lowest BCUT2D eigenvalue weighted by Crippen LogP contribution is -2.47. The second-order valence-electron chi connectivity index (χ2n) is 4.99. The summed E-state index contributed by atoms with van der Waals surface area (Å²) in [4.78, 5) is 14.1. The number of rotatable bonds is 2. The zero-order valence-electron chi connectivity index (χ0n) is 9.75. The summed E-state index contributed by atoms with van der Waals surface area (Å²) in [5.74, 6) is 0.451. The van der Waals surface area contributed by atoms with Crippen LogP contribution in [0.25, 0.3) is 0 Å². The van der Waals surface area contributed by atoms with Crippen LogP contribution in [0, 0.1) is 11.8 Å². The molecular weight excluding hydrogens is 207 g/mol. The zero-order chi connectivity index (χ0) is 11.4. The molecule has 0 aromatic rings. The maximum absolute atomic E-state index is 12.6. The van der Waals surface area contributed by atoms with E-state index in [2.05, 4.69) is 5.32 Å². The minimum atomic E-state index is -0.285. The normalized spacial score (nSPS) is 31.4. The van der Waals surface area contributed by atoms with Gasteiger partial charge in [-0.1, -0.05) is 0 Å². The summed E-state index contributed by atoms with van der Waals surface area (Å²) in [7, 11) is 0. The third-order valence-corrected chi connectivity index (χ3v) is 3.69. The summed E-state index contributed by atoms with van der Waals surface area (Å²) in [5, 5.41) is 3.26. The van der Waals surface area contributed by atoms with Crippen LogP contribution >= 0.6 is 0 Å². The molecule has 0 aromatic carbocycles. The van der Waals surface area contributed by atoms with Gasteiger partial charge in [0, 0.05) is 25.6 Å². The van der Waals surface area contributed by atoms with Gasteiger partial charge in [-0.15, -0.1) is 0 Å². The molecule has 0 bridgehead atoms. The molecule has 3 nitrogen and oxygen atoms in total. The number of carbonyl (C=O) groups is 1. The Hall–Kier alpha value is -0.640. The van der Waals surface area contributed by atoms with Crippen molar-refractivity contribution >= 4 is 5.91 Å². The Morgan fingerprint density at radius 3 is 2.94 bits per heavy atom. The van der Waals surface area contributed by atoms with E-state index in [9.17, 15) is 9.18 Å². The first-order valence-electron chi connectivity index (χ1n) is 6.36. The number of hydrogen-bond donors (Lipinski definition) is 1. The summed E-state index contributed by atoms with van der Waals surface area (Å²) < 4.78 is 12.6. The summed E-state index contributed by atoms with van der Waals surface area (Å²) in [6, 6.07) is 0. The van der Waals surface area contributed by atoms with Gasteiger partial charge < -0.3 is 10.2 Å². The summed E-state index contributed by atoms with van der Waals surface area (Å²) in [6.07, 6.45) is 3.96. The molecule has 0 unspecified atom stereocenters. The van der Waals surface area contributed by atoms with Crippen LogP contribution in [0.4, 0.5) is 4.39 Å². The van der Waals surface area contributed by atoms with Crippen molar-refractivity contribution in [1.29, 1.82) is 0 Å². The minimum absolute atomic E-state index is 0.0780. The van der Waals surface area contributed by atoms with Crippen LogP contribution < -0.4 is 5.32 Å². The van der Waals surface area contributed by atoms with Crippen molar-refractivity contribution in [1.82, 2.24) is 10.2 Å². The zero-order valence-corrected chi connectivity index (χ0v) is 9.75. The number of carbonyl (C=O) groups excluding carboxylic acids is 1. The number of amides is 1. The maximum Gasteiger partial charge on any atom is 0.226 e. The molecular formula is C12H21FN2O. The summed E-state index contributed by atoms with van der Waals surface area (Å²) in [5.41, 5.74) is 0. The summed E-state index contributed by atoms with van der Waals surface area (Å²) in [6.45, 7) is 3.00. The molecule has 2 aliphatic rings. The van der Waals surface area contributed by atoms with Crippen LogP contribution in [-0.2, 0) is 4.79 Å². The van der Waals surface area contributed by atoms with Crippen molar-refractivity contribution in [2.24, 2.45) is 11.8 Å². The van der Waals surface area contributed by atoms with Gasteiger partial charge in [0.1, 0.15) is 0 Å². The number of piperidine rings is 2. The van der Waals surface area contributed by atoms with E-state index >= 15 is 0 Å². The third kappa shape index (κ3) is 2.73. The van der Waals surface area contributed by atoms with Crippen LogP contribution in [0.1, 0.15) is 25.7 Å². The number of alkyl halides is 1. The van der Waals surface area contributed by atoms with E-state index in [1.54, 1.807) is 0 Å². The van der Waals surface area contributed by atoms with E-state index in [1.165, 1.54) is 0 Å². The molecule has 1 amide bonds. The molecule has 0 aromatic heterocycles. The van der Waals surface area contributed by atoms with Crippen molar-refractivity contribution in [3.8, 4) is 0 Å². The molecule has 2 fully saturated rings. The van der Waals surface area contributed by atoms with Gasteiger partial charge in [-0.05, 0) is 32.2 Å². The summed E-state index contributed by atoms with van der Waals surface area (Å²) >= 11 is 0. The Kier molecular flexibility index (Phi) is 4.16. The van der Waals surface area contributed by atoms with E-state index in [0.717, 1.165) is 45.3 Å². The fourth-order valence-electron chi connectivity index (χ4n) is 2.71. The topological polar surface area (TPSA) is 32.3 Å².